The molecule has 10 heteroatoms. The fourth-order valence-corrected chi connectivity index (χ4v) is 3.71. The quantitative estimate of drug-likeness (QED) is 0.276. The van der Waals surface area contributed by atoms with Crippen molar-refractivity contribution in [2.24, 2.45) is 10.7 Å². The first kappa shape index (κ1) is 24.7. The molecule has 2 aliphatic heterocycles. The monoisotopic (exact) mass is 533 g/mol. The van der Waals surface area contributed by atoms with Crippen LogP contribution in [0.15, 0.2) is 4.99 Å². The number of aliphatic imine (C=N–C) groups is 1. The van der Waals surface area contributed by atoms with Gasteiger partial charge >= 0.3 is 6.09 Å². The van der Waals surface area contributed by atoms with Gasteiger partial charge in [-0.2, -0.15) is 0 Å². The number of carbonyl (C=O) groups is 1. The number of nitrogens with two attached hydrogens (primary N) is 1. The third-order valence-corrected chi connectivity index (χ3v) is 5.27. The van der Waals surface area contributed by atoms with Gasteiger partial charge < -0.3 is 24.8 Å². The average molecular weight is 533 g/mol. The molecule has 0 bridgehead atoms. The summed E-state index contributed by atoms with van der Waals surface area (Å²) in [5, 5.41) is 8.72. The Labute approximate surface area is 196 Å². The predicted molar refractivity (Wildman–Crippen MR) is 127 cm³/mol. The molecular weight excluding hydrogens is 497 g/mol. The second-order valence-electron chi connectivity index (χ2n) is 8.79. The van der Waals surface area contributed by atoms with E-state index in [1.807, 2.05) is 25.7 Å². The minimum absolute atomic E-state index is 0. The number of amides is 1. The van der Waals surface area contributed by atoms with Crippen LogP contribution in [0.25, 0.3) is 0 Å². The van der Waals surface area contributed by atoms with Gasteiger partial charge in [-0.15, -0.1) is 34.2 Å². The van der Waals surface area contributed by atoms with E-state index in [-0.39, 0.29) is 30.1 Å². The van der Waals surface area contributed by atoms with Crippen LogP contribution in [0.1, 0.15) is 58.1 Å². The maximum atomic E-state index is 12.1. The molecule has 0 radical (unpaired) electrons. The Bertz CT molecular complexity index is 721. The number of aromatic nitrogens is 3. The molecule has 9 nitrogen and oxygen atoms in total. The van der Waals surface area contributed by atoms with Crippen molar-refractivity contribution in [3.8, 4) is 0 Å². The van der Waals surface area contributed by atoms with Crippen molar-refractivity contribution in [3.63, 3.8) is 0 Å². The van der Waals surface area contributed by atoms with Gasteiger partial charge in [0, 0.05) is 52.1 Å². The Morgan fingerprint density at radius 3 is 2.47 bits per heavy atom. The first-order chi connectivity index (χ1) is 13.8. The van der Waals surface area contributed by atoms with E-state index in [0.717, 1.165) is 37.5 Å². The second kappa shape index (κ2) is 11.1. The van der Waals surface area contributed by atoms with Crippen LogP contribution in [0.3, 0.4) is 0 Å². The summed E-state index contributed by atoms with van der Waals surface area (Å²) in [6.07, 6.45) is 6.23. The fraction of sp³-hybridized carbons (Fsp3) is 0.800. The highest BCUT2D eigenvalue weighted by Crippen LogP contribution is 2.15. The molecule has 3 heterocycles. The highest BCUT2D eigenvalue weighted by atomic mass is 127. The molecule has 2 N–H and O–H groups in total. The van der Waals surface area contributed by atoms with Crippen LogP contribution >= 0.6 is 24.0 Å². The maximum absolute atomic E-state index is 12.1. The van der Waals surface area contributed by atoms with Gasteiger partial charge in [0.25, 0.3) is 0 Å². The van der Waals surface area contributed by atoms with Gasteiger partial charge in [0.15, 0.2) is 5.96 Å². The number of nitrogens with zero attached hydrogens (tertiary/aromatic N) is 6. The van der Waals surface area contributed by atoms with Crippen LogP contribution < -0.4 is 5.73 Å². The van der Waals surface area contributed by atoms with E-state index in [4.69, 9.17) is 10.5 Å². The minimum Gasteiger partial charge on any atom is -0.444 e. The SMILES string of the molecule is CC(C)(C)OC(=O)N1CCN(C(N)=NCCCc2nnc3n2CCCCC3)CC1.I. The van der Waals surface area contributed by atoms with E-state index >= 15 is 0 Å². The van der Waals surface area contributed by atoms with Crippen LogP contribution in [0, 0.1) is 0 Å². The van der Waals surface area contributed by atoms with Gasteiger partial charge in [-0.3, -0.25) is 4.99 Å². The van der Waals surface area contributed by atoms with Crippen LogP contribution in [-0.2, 0) is 24.1 Å². The van der Waals surface area contributed by atoms with Crippen molar-refractivity contribution in [2.75, 3.05) is 32.7 Å². The molecule has 0 aliphatic carbocycles. The zero-order chi connectivity index (χ0) is 20.9. The molecule has 1 aromatic heterocycles. The molecular formula is C20H36IN7O2. The normalized spacial score (nSPS) is 17.8. The molecule has 0 aromatic carbocycles. The summed E-state index contributed by atoms with van der Waals surface area (Å²) < 4.78 is 7.72. The highest BCUT2D eigenvalue weighted by molar-refractivity contribution is 14.0. The summed E-state index contributed by atoms with van der Waals surface area (Å²) in [4.78, 5) is 20.4. The summed E-state index contributed by atoms with van der Waals surface area (Å²) in [6.45, 7) is 9.87. The van der Waals surface area contributed by atoms with Gasteiger partial charge in [-0.1, -0.05) is 6.42 Å². The minimum atomic E-state index is -0.475. The highest BCUT2D eigenvalue weighted by Gasteiger charge is 2.26. The van der Waals surface area contributed by atoms with Gasteiger partial charge in [0.05, 0.1) is 0 Å². The number of aryl methyl sites for hydroxylation is 2. The van der Waals surface area contributed by atoms with E-state index in [1.165, 1.54) is 19.3 Å². The number of ether oxygens (including phenoxy) is 1. The van der Waals surface area contributed by atoms with Gasteiger partial charge in [0.2, 0.25) is 0 Å². The number of halogens is 1. The van der Waals surface area contributed by atoms with E-state index in [9.17, 15) is 4.79 Å². The number of hydrogen-bond donors (Lipinski definition) is 1. The number of fused-ring (bicyclic) bond motifs is 1. The number of carbonyl (C=O) groups excluding carboxylic acids is 1. The molecule has 0 unspecified atom stereocenters. The van der Waals surface area contributed by atoms with E-state index in [1.54, 1.807) is 4.90 Å². The molecule has 2 aliphatic rings. The van der Waals surface area contributed by atoms with Gasteiger partial charge in [-0.05, 0) is 40.0 Å². The Balaban J connectivity index is 0.00000320. The largest absolute Gasteiger partial charge is 0.444 e. The molecule has 1 aromatic rings. The first-order valence-electron chi connectivity index (χ1n) is 10.8. The van der Waals surface area contributed by atoms with E-state index in [2.05, 4.69) is 19.8 Å². The molecule has 0 atom stereocenters. The lowest BCUT2D eigenvalue weighted by atomic mass is 10.2. The lowest BCUT2D eigenvalue weighted by molar-refractivity contribution is 0.0186. The summed E-state index contributed by atoms with van der Waals surface area (Å²) >= 11 is 0. The lowest BCUT2D eigenvalue weighted by Crippen LogP contribution is -2.53. The lowest BCUT2D eigenvalue weighted by Gasteiger charge is -2.36. The molecule has 1 fully saturated rings. The Morgan fingerprint density at radius 1 is 1.07 bits per heavy atom. The number of rotatable bonds is 4. The Morgan fingerprint density at radius 2 is 1.77 bits per heavy atom. The zero-order valence-corrected chi connectivity index (χ0v) is 20.8. The summed E-state index contributed by atoms with van der Waals surface area (Å²) in [5.74, 6) is 2.75. The summed E-state index contributed by atoms with van der Waals surface area (Å²) in [7, 11) is 0. The topological polar surface area (TPSA) is 102 Å². The smallest absolute Gasteiger partial charge is 0.410 e. The van der Waals surface area contributed by atoms with Gasteiger partial charge in [-0.25, -0.2) is 4.79 Å². The molecule has 0 saturated carbocycles. The van der Waals surface area contributed by atoms with E-state index < -0.39 is 5.60 Å². The summed E-state index contributed by atoms with van der Waals surface area (Å²) in [6, 6.07) is 0. The van der Waals surface area contributed by atoms with Crippen LogP contribution in [0.2, 0.25) is 0 Å². The Hall–Kier alpha value is -1.59. The summed E-state index contributed by atoms with van der Waals surface area (Å²) in [5.41, 5.74) is 5.70. The number of hydrogen-bond acceptors (Lipinski definition) is 5. The standard InChI is InChI=1S/C20H35N7O2.HI/c1-20(2,3)29-19(28)26-14-12-25(13-15-26)18(21)22-10-7-9-17-24-23-16-8-5-4-6-11-27(16)17;/h4-15H2,1-3H3,(H2,21,22);1H. The first-order valence-corrected chi connectivity index (χ1v) is 10.8. The average Bonchev–Trinajstić information content (AvgIpc) is 2.90. The number of piperazine rings is 1. The predicted octanol–water partition coefficient (Wildman–Crippen LogP) is 2.42. The fourth-order valence-electron chi connectivity index (χ4n) is 3.71. The zero-order valence-electron chi connectivity index (χ0n) is 18.5. The van der Waals surface area contributed by atoms with Crippen molar-refractivity contribution in [2.45, 2.75) is 71.4 Å². The van der Waals surface area contributed by atoms with Crippen molar-refractivity contribution < 1.29 is 9.53 Å². The van der Waals surface area contributed by atoms with Crippen LogP contribution in [-0.4, -0.2) is 74.9 Å². The van der Waals surface area contributed by atoms with Gasteiger partial charge in [0.1, 0.15) is 17.2 Å². The van der Waals surface area contributed by atoms with Crippen molar-refractivity contribution in [1.29, 1.82) is 0 Å². The van der Waals surface area contributed by atoms with Crippen molar-refractivity contribution in [1.82, 2.24) is 24.6 Å². The van der Waals surface area contributed by atoms with E-state index in [0.29, 0.717) is 38.7 Å². The van der Waals surface area contributed by atoms with Crippen molar-refractivity contribution >= 4 is 36.0 Å². The van der Waals surface area contributed by atoms with Crippen molar-refractivity contribution in [3.05, 3.63) is 11.6 Å². The molecule has 30 heavy (non-hydrogen) atoms. The third kappa shape index (κ3) is 6.98. The molecule has 1 saturated heterocycles. The second-order valence-corrected chi connectivity index (χ2v) is 8.79. The molecule has 1 amide bonds. The number of guanidine groups is 1. The third-order valence-electron chi connectivity index (χ3n) is 5.27. The molecule has 170 valence electrons. The molecule has 0 spiro atoms. The Kier molecular flexibility index (Phi) is 9.17. The van der Waals surface area contributed by atoms with Crippen LogP contribution in [0.5, 0.6) is 0 Å². The van der Waals surface area contributed by atoms with Crippen LogP contribution in [0.4, 0.5) is 4.79 Å². The maximum Gasteiger partial charge on any atom is 0.410 e. The molecule has 3 rings (SSSR count).